The van der Waals surface area contributed by atoms with Crippen molar-refractivity contribution in [3.05, 3.63) is 22.9 Å². The minimum absolute atomic E-state index is 0.153. The normalized spacial score (nSPS) is 10.8. The highest BCUT2D eigenvalue weighted by molar-refractivity contribution is 7.71. The molecule has 12 heavy (non-hydrogen) atoms. The first-order valence-corrected chi connectivity index (χ1v) is 4.09. The summed E-state index contributed by atoms with van der Waals surface area (Å²) in [6, 6.07) is 1.84. The average molecular weight is 181 g/mol. The Morgan fingerprint density at radius 2 is 2.17 bits per heavy atom. The van der Waals surface area contributed by atoms with Crippen molar-refractivity contribution in [2.24, 2.45) is 0 Å². The van der Waals surface area contributed by atoms with Crippen molar-refractivity contribution >= 4 is 23.4 Å². The van der Waals surface area contributed by atoms with Crippen LogP contribution in [0, 0.1) is 4.90 Å². The van der Waals surface area contributed by atoms with Crippen LogP contribution in [0.25, 0.3) is 11.2 Å². The summed E-state index contributed by atoms with van der Waals surface area (Å²) in [6.45, 7) is 2.03. The lowest BCUT2D eigenvalue weighted by molar-refractivity contribution is 0.443. The molecule has 0 unspecified atom stereocenters. The zero-order chi connectivity index (χ0) is 8.55. The Morgan fingerprint density at radius 1 is 1.42 bits per heavy atom. The summed E-state index contributed by atoms with van der Waals surface area (Å²) >= 11 is 4.73. The number of fused-ring (bicyclic) bond motifs is 1. The van der Waals surface area contributed by atoms with Crippen LogP contribution in [0.3, 0.4) is 0 Å². The molecule has 0 aliphatic rings. The second-order valence-electron chi connectivity index (χ2n) is 2.43. The predicted molar refractivity (Wildman–Crippen MR) is 46.5 cm³/mol. The number of aromatic nitrogens is 1. The Bertz CT molecular complexity index is 457. The fourth-order valence-electron chi connectivity index (χ4n) is 1.02. The van der Waals surface area contributed by atoms with Crippen molar-refractivity contribution in [3.63, 3.8) is 0 Å². The summed E-state index contributed by atoms with van der Waals surface area (Å²) < 4.78 is 10.2. The fourth-order valence-corrected chi connectivity index (χ4v) is 1.19. The third-order valence-electron chi connectivity index (χ3n) is 1.64. The van der Waals surface area contributed by atoms with Gasteiger partial charge in [-0.05, 0) is 6.42 Å². The summed E-state index contributed by atoms with van der Waals surface area (Å²) in [6.07, 6.45) is 2.51. The molecule has 0 aromatic carbocycles. The molecule has 2 aromatic rings. The molecule has 0 spiro atoms. The van der Waals surface area contributed by atoms with E-state index in [0.29, 0.717) is 11.2 Å². The highest BCUT2D eigenvalue weighted by Crippen LogP contribution is 2.16. The maximum Gasteiger partial charge on any atom is 0.363 e. The summed E-state index contributed by atoms with van der Waals surface area (Å²) in [4.78, 5) is 4.29. The van der Waals surface area contributed by atoms with Gasteiger partial charge in [0.1, 0.15) is 0 Å². The van der Waals surface area contributed by atoms with Gasteiger partial charge in [-0.25, -0.2) is 0 Å². The van der Waals surface area contributed by atoms with Gasteiger partial charge in [0.2, 0.25) is 0 Å². The molecule has 3 nitrogen and oxygen atoms in total. The lowest BCUT2D eigenvalue weighted by Gasteiger charge is -1.91. The first-order valence-electron chi connectivity index (χ1n) is 3.68. The van der Waals surface area contributed by atoms with Gasteiger partial charge in [-0.3, -0.25) is 4.98 Å². The number of nitrogens with zero attached hydrogens (tertiary/aromatic N) is 1. The molecule has 2 rings (SSSR count). The topological polar surface area (TPSA) is 39.2 Å². The molecule has 0 aliphatic heterocycles. The molecule has 0 radical (unpaired) electrons. The Labute approximate surface area is 74.0 Å². The van der Waals surface area contributed by atoms with Crippen LogP contribution < -0.4 is 0 Å². The Kier molecular flexibility index (Phi) is 1.69. The van der Waals surface area contributed by atoms with Crippen molar-refractivity contribution in [1.29, 1.82) is 0 Å². The second-order valence-corrected chi connectivity index (χ2v) is 2.76. The molecule has 0 amide bonds. The maximum atomic E-state index is 5.12. The molecular weight excluding hydrogens is 174 g/mol. The molecule has 0 aliphatic carbocycles. The van der Waals surface area contributed by atoms with Crippen LogP contribution >= 0.6 is 12.2 Å². The molecule has 0 saturated heterocycles. The maximum absolute atomic E-state index is 5.12. The van der Waals surface area contributed by atoms with E-state index >= 15 is 0 Å². The molecule has 0 bridgehead atoms. The van der Waals surface area contributed by atoms with E-state index < -0.39 is 0 Å². The Hall–Kier alpha value is -1.16. The minimum atomic E-state index is 0.153. The monoisotopic (exact) mass is 181 g/mol. The molecule has 0 fully saturated rings. The van der Waals surface area contributed by atoms with Gasteiger partial charge in [0.05, 0.1) is 6.20 Å². The molecule has 0 N–H and O–H groups in total. The van der Waals surface area contributed by atoms with Gasteiger partial charge >= 0.3 is 4.90 Å². The number of aryl methyl sites for hydroxylation is 1. The predicted octanol–water partition coefficient (Wildman–Crippen LogP) is 2.71. The summed E-state index contributed by atoms with van der Waals surface area (Å²) in [5, 5.41) is 0. The van der Waals surface area contributed by atoms with Crippen LogP contribution in [-0.2, 0) is 6.42 Å². The van der Waals surface area contributed by atoms with Gasteiger partial charge in [0, 0.05) is 24.0 Å². The molecule has 2 heterocycles. The van der Waals surface area contributed by atoms with Crippen LogP contribution in [0.5, 0.6) is 0 Å². The molecule has 2 aromatic heterocycles. The third-order valence-corrected chi connectivity index (χ3v) is 1.80. The number of rotatable bonds is 1. The van der Waals surface area contributed by atoms with Crippen molar-refractivity contribution in [1.82, 2.24) is 4.98 Å². The third kappa shape index (κ3) is 1.14. The lowest BCUT2D eigenvalue weighted by atomic mass is 10.3. The molecular formula is C8H7NO2S. The quantitative estimate of drug-likeness (QED) is 0.634. The number of hydrogen-bond donors (Lipinski definition) is 0. The zero-order valence-corrected chi connectivity index (χ0v) is 7.35. The van der Waals surface area contributed by atoms with Crippen molar-refractivity contribution in [3.8, 4) is 0 Å². The Balaban J connectivity index is 2.74. The van der Waals surface area contributed by atoms with Gasteiger partial charge in [0.25, 0.3) is 0 Å². The van der Waals surface area contributed by atoms with Gasteiger partial charge < -0.3 is 8.83 Å². The van der Waals surface area contributed by atoms with E-state index in [-0.39, 0.29) is 4.90 Å². The van der Waals surface area contributed by atoms with Crippen molar-refractivity contribution in [2.75, 3.05) is 0 Å². The SMILES string of the molecule is CCc1cc2oc(=S)oc2cn1. The van der Waals surface area contributed by atoms with E-state index in [2.05, 4.69) is 4.98 Å². The van der Waals surface area contributed by atoms with Crippen LogP contribution in [0.15, 0.2) is 21.1 Å². The van der Waals surface area contributed by atoms with Crippen LogP contribution in [0.1, 0.15) is 12.6 Å². The van der Waals surface area contributed by atoms with Gasteiger partial charge in [0.15, 0.2) is 11.2 Å². The first-order chi connectivity index (χ1) is 5.79. The standard InChI is InChI=1S/C8H7NO2S/c1-2-5-3-6-7(4-9-5)11-8(12)10-6/h3-4H,2H2,1H3. The van der Waals surface area contributed by atoms with Gasteiger partial charge in [-0.15, -0.1) is 0 Å². The van der Waals surface area contributed by atoms with Crippen molar-refractivity contribution < 1.29 is 8.83 Å². The lowest BCUT2D eigenvalue weighted by Crippen LogP contribution is -1.83. The number of hydrogen-bond acceptors (Lipinski definition) is 4. The average Bonchev–Trinajstić information content (AvgIpc) is 2.43. The van der Waals surface area contributed by atoms with E-state index in [1.165, 1.54) is 0 Å². The Morgan fingerprint density at radius 3 is 2.92 bits per heavy atom. The fraction of sp³-hybridized carbons (Fsp3) is 0.250. The second kappa shape index (κ2) is 2.71. The van der Waals surface area contributed by atoms with Crippen LogP contribution in [0.2, 0.25) is 0 Å². The molecule has 62 valence electrons. The number of pyridine rings is 1. The molecule has 4 heteroatoms. The van der Waals surface area contributed by atoms with E-state index in [1.807, 2.05) is 13.0 Å². The van der Waals surface area contributed by atoms with E-state index in [4.69, 9.17) is 21.1 Å². The molecule has 0 saturated carbocycles. The van der Waals surface area contributed by atoms with E-state index in [1.54, 1.807) is 6.20 Å². The van der Waals surface area contributed by atoms with E-state index in [0.717, 1.165) is 12.1 Å². The summed E-state index contributed by atoms with van der Waals surface area (Å²) in [5.74, 6) is 0. The minimum Gasteiger partial charge on any atom is -0.413 e. The van der Waals surface area contributed by atoms with Gasteiger partial charge in [-0.2, -0.15) is 0 Å². The zero-order valence-electron chi connectivity index (χ0n) is 6.53. The van der Waals surface area contributed by atoms with Gasteiger partial charge in [-0.1, -0.05) is 6.92 Å². The van der Waals surface area contributed by atoms with Crippen LogP contribution in [-0.4, -0.2) is 4.98 Å². The largest absolute Gasteiger partial charge is 0.413 e. The highest BCUT2D eigenvalue weighted by atomic mass is 32.1. The van der Waals surface area contributed by atoms with Crippen LogP contribution in [0.4, 0.5) is 0 Å². The van der Waals surface area contributed by atoms with E-state index in [9.17, 15) is 0 Å². The summed E-state index contributed by atoms with van der Waals surface area (Å²) in [7, 11) is 0. The summed E-state index contributed by atoms with van der Waals surface area (Å²) in [5.41, 5.74) is 2.26. The smallest absolute Gasteiger partial charge is 0.363 e. The van der Waals surface area contributed by atoms with Crippen molar-refractivity contribution in [2.45, 2.75) is 13.3 Å². The molecule has 0 atom stereocenters. The highest BCUT2D eigenvalue weighted by Gasteiger charge is 2.02. The first kappa shape index (κ1) is 7.49.